The molecule has 3 nitrogen and oxygen atoms in total. The molecule has 2 heterocycles. The molecule has 1 fully saturated rings. The number of H-pyrrole nitrogens is 1. The van der Waals surface area contributed by atoms with Crippen molar-refractivity contribution >= 4 is 18.1 Å². The van der Waals surface area contributed by atoms with Crippen LogP contribution in [-0.4, -0.2) is 22.3 Å². The monoisotopic (exact) mass is 250 g/mol. The Morgan fingerprint density at radius 2 is 2.29 bits per heavy atom. The van der Waals surface area contributed by atoms with Crippen molar-refractivity contribution in [1.82, 2.24) is 9.88 Å². The van der Waals surface area contributed by atoms with Crippen LogP contribution in [0.2, 0.25) is 0 Å². The molecule has 2 rings (SSSR count). The molecule has 0 aliphatic carbocycles. The maximum absolute atomic E-state index is 11.7. The van der Waals surface area contributed by atoms with Gasteiger partial charge in [-0.05, 0) is 43.4 Å². The second-order valence-electron chi connectivity index (χ2n) is 4.66. The van der Waals surface area contributed by atoms with Crippen LogP contribution in [0.25, 0.3) is 0 Å². The van der Waals surface area contributed by atoms with Crippen molar-refractivity contribution in [3.05, 3.63) is 28.0 Å². The minimum Gasteiger partial charge on any atom is -0.353 e. The Labute approximate surface area is 107 Å². The molecule has 1 aromatic heterocycles. The first kappa shape index (κ1) is 12.3. The molecule has 1 amide bonds. The number of amides is 1. The van der Waals surface area contributed by atoms with Gasteiger partial charge in [0.05, 0.1) is 6.04 Å². The number of carbonyl (C=O) groups is 1. The predicted molar refractivity (Wildman–Crippen MR) is 70.3 cm³/mol. The van der Waals surface area contributed by atoms with Gasteiger partial charge in [0.25, 0.3) is 0 Å². The predicted octanol–water partition coefficient (Wildman–Crippen LogP) is 3.13. The first-order valence-corrected chi connectivity index (χ1v) is 6.47. The van der Waals surface area contributed by atoms with E-state index in [4.69, 9.17) is 12.2 Å². The molecule has 0 saturated carbocycles. The van der Waals surface area contributed by atoms with Crippen LogP contribution in [-0.2, 0) is 4.79 Å². The third-order valence-electron chi connectivity index (χ3n) is 3.44. The van der Waals surface area contributed by atoms with Gasteiger partial charge in [0.15, 0.2) is 0 Å². The summed E-state index contributed by atoms with van der Waals surface area (Å²) < 4.78 is 0.747. The molecule has 1 aliphatic heterocycles. The van der Waals surface area contributed by atoms with Crippen molar-refractivity contribution in [2.45, 2.75) is 39.2 Å². The summed E-state index contributed by atoms with van der Waals surface area (Å²) in [4.78, 5) is 16.7. The molecule has 1 atom stereocenters. The van der Waals surface area contributed by atoms with Gasteiger partial charge < -0.3 is 9.88 Å². The first-order chi connectivity index (χ1) is 8.09. The Kier molecular flexibility index (Phi) is 3.62. The number of nitrogens with one attached hydrogen (secondary N) is 1. The molecule has 1 aliphatic rings. The van der Waals surface area contributed by atoms with E-state index in [0.717, 1.165) is 24.0 Å². The highest BCUT2D eigenvalue weighted by Crippen LogP contribution is 2.32. The molecule has 0 aromatic carbocycles. The summed E-state index contributed by atoms with van der Waals surface area (Å²) in [5.74, 6) is 0.163. The van der Waals surface area contributed by atoms with Gasteiger partial charge in [0.2, 0.25) is 5.91 Å². The largest absolute Gasteiger partial charge is 0.353 e. The van der Waals surface area contributed by atoms with E-state index in [2.05, 4.69) is 11.9 Å². The van der Waals surface area contributed by atoms with Crippen LogP contribution in [0.1, 0.15) is 43.4 Å². The number of carbonyl (C=O) groups excluding carboxylic acids is 1. The van der Waals surface area contributed by atoms with Crippen LogP contribution in [0.3, 0.4) is 0 Å². The second kappa shape index (κ2) is 5.00. The number of likely N-dealkylation sites (tertiary alicyclic amines) is 1. The Hall–Kier alpha value is -1.16. The van der Waals surface area contributed by atoms with Gasteiger partial charge in [0, 0.05) is 19.7 Å². The number of piperidine rings is 1. The quantitative estimate of drug-likeness (QED) is 0.777. The number of hydrogen-bond donors (Lipinski definition) is 1. The third-order valence-corrected chi connectivity index (χ3v) is 3.67. The van der Waals surface area contributed by atoms with Gasteiger partial charge >= 0.3 is 0 Å². The number of aryl methyl sites for hydroxylation is 1. The highest BCUT2D eigenvalue weighted by Gasteiger charge is 2.26. The van der Waals surface area contributed by atoms with E-state index in [9.17, 15) is 4.79 Å². The van der Waals surface area contributed by atoms with Crippen molar-refractivity contribution in [2.75, 3.05) is 6.54 Å². The molecule has 1 N–H and O–H groups in total. The highest BCUT2D eigenvalue weighted by atomic mass is 32.1. The summed E-state index contributed by atoms with van der Waals surface area (Å²) in [6.45, 7) is 4.58. The Balaban J connectivity index is 2.36. The van der Waals surface area contributed by atoms with Crippen molar-refractivity contribution in [1.29, 1.82) is 0 Å². The number of aromatic nitrogens is 1. The number of hydrogen-bond acceptors (Lipinski definition) is 2. The van der Waals surface area contributed by atoms with Crippen molar-refractivity contribution in [2.24, 2.45) is 0 Å². The lowest BCUT2D eigenvalue weighted by molar-refractivity contribution is -0.132. The number of rotatable bonds is 1. The molecule has 0 bridgehead atoms. The lowest BCUT2D eigenvalue weighted by Gasteiger charge is -2.36. The zero-order valence-corrected chi connectivity index (χ0v) is 11.1. The maximum atomic E-state index is 11.7. The molecule has 92 valence electrons. The van der Waals surface area contributed by atoms with Gasteiger partial charge in [-0.15, -0.1) is 0 Å². The zero-order chi connectivity index (χ0) is 12.4. The maximum Gasteiger partial charge on any atom is 0.219 e. The van der Waals surface area contributed by atoms with Crippen LogP contribution in [0.4, 0.5) is 0 Å². The molecule has 0 unspecified atom stereocenters. The fourth-order valence-electron chi connectivity index (χ4n) is 2.58. The van der Waals surface area contributed by atoms with Crippen LogP contribution >= 0.6 is 12.2 Å². The number of aromatic amines is 1. The molecule has 0 radical (unpaired) electrons. The van der Waals surface area contributed by atoms with Crippen LogP contribution in [0.15, 0.2) is 12.3 Å². The van der Waals surface area contributed by atoms with Crippen molar-refractivity contribution in [3.8, 4) is 0 Å². The van der Waals surface area contributed by atoms with Gasteiger partial charge in [-0.1, -0.05) is 12.2 Å². The molecular formula is C13H18N2OS. The average Bonchev–Trinajstić information content (AvgIpc) is 2.29. The average molecular weight is 250 g/mol. The lowest BCUT2D eigenvalue weighted by Crippen LogP contribution is -2.37. The van der Waals surface area contributed by atoms with E-state index < -0.39 is 0 Å². The summed E-state index contributed by atoms with van der Waals surface area (Å²) >= 11 is 5.11. The summed E-state index contributed by atoms with van der Waals surface area (Å²) in [5.41, 5.74) is 2.38. The van der Waals surface area contributed by atoms with Gasteiger partial charge in [-0.2, -0.15) is 0 Å². The molecule has 1 aromatic rings. The third kappa shape index (κ3) is 2.57. The van der Waals surface area contributed by atoms with Gasteiger partial charge in [-0.25, -0.2) is 0 Å². The molecule has 0 spiro atoms. The highest BCUT2D eigenvalue weighted by molar-refractivity contribution is 7.71. The summed E-state index contributed by atoms with van der Waals surface area (Å²) in [5, 5.41) is 0. The second-order valence-corrected chi connectivity index (χ2v) is 5.10. The van der Waals surface area contributed by atoms with E-state index in [1.807, 2.05) is 17.2 Å². The fourth-order valence-corrected chi connectivity index (χ4v) is 2.81. The van der Waals surface area contributed by atoms with Crippen molar-refractivity contribution < 1.29 is 4.79 Å². The Bertz CT molecular complexity index is 481. The number of nitrogens with zero attached hydrogens (tertiary/aromatic N) is 1. The van der Waals surface area contributed by atoms with E-state index in [-0.39, 0.29) is 11.9 Å². The van der Waals surface area contributed by atoms with Crippen LogP contribution < -0.4 is 0 Å². The molecular weight excluding hydrogens is 232 g/mol. The standard InChI is InChI=1S/C13H18N2OS/c1-9-7-13(17)14-8-11(9)12-5-3-4-6-15(12)10(2)16/h7-8,12H,3-6H2,1-2H3,(H,14,17)/t12-/m1/s1. The minimum absolute atomic E-state index is 0.163. The molecule has 17 heavy (non-hydrogen) atoms. The van der Waals surface area contributed by atoms with E-state index in [0.29, 0.717) is 0 Å². The Morgan fingerprint density at radius 1 is 1.53 bits per heavy atom. The number of pyridine rings is 1. The normalized spacial score (nSPS) is 20.4. The van der Waals surface area contributed by atoms with Crippen molar-refractivity contribution in [3.63, 3.8) is 0 Å². The summed E-state index contributed by atoms with van der Waals surface area (Å²) in [7, 11) is 0. The SMILES string of the molecule is CC(=O)N1CCCC[C@@H]1c1c[nH]c(=S)cc1C. The first-order valence-electron chi connectivity index (χ1n) is 6.06. The lowest BCUT2D eigenvalue weighted by atomic mass is 9.93. The smallest absolute Gasteiger partial charge is 0.219 e. The Morgan fingerprint density at radius 3 is 2.94 bits per heavy atom. The van der Waals surface area contributed by atoms with Gasteiger partial charge in [0.1, 0.15) is 4.64 Å². The van der Waals surface area contributed by atoms with E-state index in [1.54, 1.807) is 6.92 Å². The topological polar surface area (TPSA) is 36.1 Å². The van der Waals surface area contributed by atoms with Crippen LogP contribution in [0, 0.1) is 11.6 Å². The van der Waals surface area contributed by atoms with E-state index >= 15 is 0 Å². The zero-order valence-electron chi connectivity index (χ0n) is 10.3. The minimum atomic E-state index is 0.163. The molecule has 1 saturated heterocycles. The summed E-state index contributed by atoms with van der Waals surface area (Å²) in [6.07, 6.45) is 5.30. The van der Waals surface area contributed by atoms with Crippen LogP contribution in [0.5, 0.6) is 0 Å². The fraction of sp³-hybridized carbons (Fsp3) is 0.538. The van der Waals surface area contributed by atoms with E-state index in [1.165, 1.54) is 17.5 Å². The summed E-state index contributed by atoms with van der Waals surface area (Å²) in [6, 6.07) is 2.19. The van der Waals surface area contributed by atoms with Gasteiger partial charge in [-0.3, -0.25) is 4.79 Å². The molecule has 4 heteroatoms.